The summed E-state index contributed by atoms with van der Waals surface area (Å²) in [5.74, 6) is 1.90. The van der Waals surface area contributed by atoms with Crippen molar-refractivity contribution in [3.8, 4) is 17.2 Å². The lowest BCUT2D eigenvalue weighted by atomic mass is 10.2. The van der Waals surface area contributed by atoms with Gasteiger partial charge in [-0.1, -0.05) is 18.2 Å². The monoisotopic (exact) mass is 373 g/mol. The SMILES string of the molecule is C/C=C/c1ccc(OCCOCCOc2ccc([N+](=O)[O-])cc2)c(OC)c1. The van der Waals surface area contributed by atoms with Crippen LogP contribution in [0.3, 0.4) is 0 Å². The highest BCUT2D eigenvalue weighted by molar-refractivity contribution is 5.55. The average Bonchev–Trinajstić information content (AvgIpc) is 2.68. The van der Waals surface area contributed by atoms with Crippen LogP contribution < -0.4 is 14.2 Å². The second-order valence-corrected chi connectivity index (χ2v) is 5.47. The third-order valence-corrected chi connectivity index (χ3v) is 3.58. The molecule has 27 heavy (non-hydrogen) atoms. The Hall–Kier alpha value is -3.06. The number of nitro groups is 1. The largest absolute Gasteiger partial charge is 0.493 e. The molecule has 0 fully saturated rings. The molecule has 0 bridgehead atoms. The van der Waals surface area contributed by atoms with Crippen molar-refractivity contribution < 1.29 is 23.9 Å². The zero-order chi connectivity index (χ0) is 19.5. The number of methoxy groups -OCH3 is 1. The summed E-state index contributed by atoms with van der Waals surface area (Å²) in [5.41, 5.74) is 1.08. The van der Waals surface area contributed by atoms with E-state index in [9.17, 15) is 10.1 Å². The molecule has 0 aliphatic carbocycles. The van der Waals surface area contributed by atoms with Gasteiger partial charge >= 0.3 is 0 Å². The number of non-ortho nitro benzene ring substituents is 1. The number of benzene rings is 2. The molecule has 0 saturated heterocycles. The fraction of sp³-hybridized carbons (Fsp3) is 0.300. The van der Waals surface area contributed by atoms with E-state index in [4.69, 9.17) is 18.9 Å². The van der Waals surface area contributed by atoms with Crippen LogP contribution in [0.1, 0.15) is 12.5 Å². The molecule has 0 radical (unpaired) electrons. The van der Waals surface area contributed by atoms with E-state index in [0.29, 0.717) is 43.7 Å². The van der Waals surface area contributed by atoms with Crippen molar-refractivity contribution in [2.75, 3.05) is 33.5 Å². The minimum absolute atomic E-state index is 0.0323. The fourth-order valence-corrected chi connectivity index (χ4v) is 2.29. The number of nitro benzene ring substituents is 1. The third kappa shape index (κ3) is 6.63. The normalized spacial score (nSPS) is 10.7. The van der Waals surface area contributed by atoms with E-state index in [1.54, 1.807) is 19.2 Å². The maximum Gasteiger partial charge on any atom is 0.269 e. The van der Waals surface area contributed by atoms with Gasteiger partial charge in [-0.2, -0.15) is 0 Å². The molecule has 0 N–H and O–H groups in total. The van der Waals surface area contributed by atoms with E-state index in [-0.39, 0.29) is 5.69 Å². The molecule has 2 rings (SSSR count). The summed E-state index contributed by atoms with van der Waals surface area (Å²) in [6, 6.07) is 11.7. The first-order valence-electron chi connectivity index (χ1n) is 8.52. The molecule has 7 nitrogen and oxygen atoms in total. The van der Waals surface area contributed by atoms with Crippen molar-refractivity contribution >= 4 is 11.8 Å². The Balaban J connectivity index is 1.65. The van der Waals surface area contributed by atoms with Crippen LogP contribution in [-0.4, -0.2) is 38.5 Å². The molecule has 0 saturated carbocycles. The lowest BCUT2D eigenvalue weighted by Crippen LogP contribution is -2.12. The van der Waals surface area contributed by atoms with E-state index in [2.05, 4.69) is 0 Å². The standard InChI is InChI=1S/C20H23NO6/c1-3-4-16-5-10-19(20(15-16)24-2)27-14-12-25-11-13-26-18-8-6-17(7-9-18)21(22)23/h3-10,15H,11-14H2,1-2H3/b4-3+. The zero-order valence-electron chi connectivity index (χ0n) is 15.4. The Labute approximate surface area is 158 Å². The van der Waals surface area contributed by atoms with E-state index in [1.165, 1.54) is 12.1 Å². The van der Waals surface area contributed by atoms with Gasteiger partial charge < -0.3 is 18.9 Å². The molecule has 0 aliphatic rings. The summed E-state index contributed by atoms with van der Waals surface area (Å²) in [4.78, 5) is 10.1. The first-order valence-corrected chi connectivity index (χ1v) is 8.52. The van der Waals surface area contributed by atoms with Gasteiger partial charge in [-0.15, -0.1) is 0 Å². The van der Waals surface area contributed by atoms with Gasteiger partial charge in [0.1, 0.15) is 19.0 Å². The number of allylic oxidation sites excluding steroid dienone is 1. The lowest BCUT2D eigenvalue weighted by Gasteiger charge is -2.12. The smallest absolute Gasteiger partial charge is 0.269 e. The molecule has 0 atom stereocenters. The van der Waals surface area contributed by atoms with Crippen LogP contribution in [0.2, 0.25) is 0 Å². The molecule has 2 aromatic rings. The van der Waals surface area contributed by atoms with E-state index < -0.39 is 4.92 Å². The average molecular weight is 373 g/mol. The van der Waals surface area contributed by atoms with Crippen LogP contribution in [0.25, 0.3) is 6.08 Å². The second-order valence-electron chi connectivity index (χ2n) is 5.47. The Morgan fingerprint density at radius 3 is 2.30 bits per heavy atom. The van der Waals surface area contributed by atoms with Gasteiger partial charge in [-0.05, 0) is 36.8 Å². The summed E-state index contributed by atoms with van der Waals surface area (Å²) in [6.07, 6.45) is 3.95. The van der Waals surface area contributed by atoms with Gasteiger partial charge in [0.2, 0.25) is 0 Å². The predicted octanol–water partition coefficient (Wildman–Crippen LogP) is 4.11. The number of hydrogen-bond donors (Lipinski definition) is 0. The molecule has 2 aromatic carbocycles. The van der Waals surface area contributed by atoms with E-state index >= 15 is 0 Å². The van der Waals surface area contributed by atoms with Crippen molar-refractivity contribution in [2.24, 2.45) is 0 Å². The Morgan fingerprint density at radius 2 is 1.67 bits per heavy atom. The maximum absolute atomic E-state index is 10.6. The number of hydrogen-bond acceptors (Lipinski definition) is 6. The molecule has 0 unspecified atom stereocenters. The maximum atomic E-state index is 10.6. The summed E-state index contributed by atoms with van der Waals surface area (Å²) in [5, 5.41) is 10.6. The minimum atomic E-state index is -0.448. The number of rotatable bonds is 11. The van der Waals surface area contributed by atoms with Gasteiger partial charge in [0.15, 0.2) is 11.5 Å². The molecule has 0 heterocycles. The summed E-state index contributed by atoms with van der Waals surface area (Å²) in [6.45, 7) is 3.48. The van der Waals surface area contributed by atoms with Crippen LogP contribution in [0.5, 0.6) is 17.2 Å². The molecule has 144 valence electrons. The first-order chi connectivity index (χ1) is 13.1. The number of nitrogens with zero attached hydrogens (tertiary/aromatic N) is 1. The minimum Gasteiger partial charge on any atom is -0.493 e. The third-order valence-electron chi connectivity index (χ3n) is 3.58. The van der Waals surface area contributed by atoms with Crippen molar-refractivity contribution in [3.63, 3.8) is 0 Å². The fourth-order valence-electron chi connectivity index (χ4n) is 2.29. The summed E-state index contributed by atoms with van der Waals surface area (Å²) in [7, 11) is 1.60. The van der Waals surface area contributed by atoms with Gasteiger partial charge in [0.05, 0.1) is 25.2 Å². The quantitative estimate of drug-likeness (QED) is 0.335. The summed E-state index contributed by atoms with van der Waals surface area (Å²) < 4.78 is 21.9. The van der Waals surface area contributed by atoms with Crippen molar-refractivity contribution in [1.82, 2.24) is 0 Å². The van der Waals surface area contributed by atoms with Crippen molar-refractivity contribution in [2.45, 2.75) is 6.92 Å². The van der Waals surface area contributed by atoms with Gasteiger partial charge in [-0.3, -0.25) is 10.1 Å². The van der Waals surface area contributed by atoms with Crippen LogP contribution in [0.15, 0.2) is 48.5 Å². The molecule has 7 heteroatoms. The zero-order valence-corrected chi connectivity index (χ0v) is 15.4. The van der Waals surface area contributed by atoms with Gasteiger partial charge in [0, 0.05) is 12.1 Å². The van der Waals surface area contributed by atoms with Crippen molar-refractivity contribution in [3.05, 3.63) is 64.2 Å². The highest BCUT2D eigenvalue weighted by Gasteiger charge is 2.05. The van der Waals surface area contributed by atoms with Gasteiger partial charge in [0.25, 0.3) is 5.69 Å². The topological polar surface area (TPSA) is 80.1 Å². The molecular weight excluding hydrogens is 350 g/mol. The summed E-state index contributed by atoms with van der Waals surface area (Å²) >= 11 is 0. The van der Waals surface area contributed by atoms with Crippen LogP contribution in [0.4, 0.5) is 5.69 Å². The molecule has 0 amide bonds. The molecule has 0 spiro atoms. The second kappa shape index (κ2) is 10.8. The highest BCUT2D eigenvalue weighted by atomic mass is 16.6. The predicted molar refractivity (Wildman–Crippen MR) is 103 cm³/mol. The molecular formula is C20H23NO6. The Morgan fingerprint density at radius 1 is 0.963 bits per heavy atom. The number of ether oxygens (including phenoxy) is 4. The highest BCUT2D eigenvalue weighted by Crippen LogP contribution is 2.28. The van der Waals surface area contributed by atoms with Crippen LogP contribution >= 0.6 is 0 Å². The first kappa shape index (κ1) is 20.3. The molecule has 0 aromatic heterocycles. The van der Waals surface area contributed by atoms with E-state index in [1.807, 2.05) is 37.3 Å². The molecule has 0 aliphatic heterocycles. The van der Waals surface area contributed by atoms with Gasteiger partial charge in [-0.25, -0.2) is 0 Å². The van der Waals surface area contributed by atoms with Crippen LogP contribution in [0, 0.1) is 10.1 Å². The Kier molecular flexibility index (Phi) is 8.12. The Bertz CT molecular complexity index is 758. The lowest BCUT2D eigenvalue weighted by molar-refractivity contribution is -0.384. The van der Waals surface area contributed by atoms with Crippen LogP contribution in [-0.2, 0) is 4.74 Å². The van der Waals surface area contributed by atoms with Crippen molar-refractivity contribution in [1.29, 1.82) is 0 Å². The van der Waals surface area contributed by atoms with E-state index in [0.717, 1.165) is 5.56 Å².